The standard InChI is InChI=1S/C17H22FN3O7/c1-5-6-12(24)17(19)11(18)7-21(16(25)20-17)15-14(28-10(4)23)13(8(2)26-15)27-9(3)22/h5-8,13-15H,19H2,1-4H3,(H,20,25)/b6-5+/t8-,13-,14-,15-,17?/m1/s1. The summed E-state index contributed by atoms with van der Waals surface area (Å²) in [4.78, 5) is 48.2. The minimum Gasteiger partial charge on any atom is -0.456 e. The summed E-state index contributed by atoms with van der Waals surface area (Å²) in [7, 11) is 0. The highest BCUT2D eigenvalue weighted by Crippen LogP contribution is 2.32. The van der Waals surface area contributed by atoms with Gasteiger partial charge in [0.25, 0.3) is 0 Å². The Balaban J connectivity index is 2.38. The molecule has 0 bridgehead atoms. The lowest BCUT2D eigenvalue weighted by Gasteiger charge is -2.37. The summed E-state index contributed by atoms with van der Waals surface area (Å²) in [5, 5.41) is 2.09. The lowest BCUT2D eigenvalue weighted by Crippen LogP contribution is -2.67. The molecule has 1 unspecified atom stereocenters. The van der Waals surface area contributed by atoms with Crippen molar-refractivity contribution < 1.29 is 37.8 Å². The van der Waals surface area contributed by atoms with Gasteiger partial charge >= 0.3 is 18.0 Å². The molecule has 1 fully saturated rings. The van der Waals surface area contributed by atoms with E-state index in [-0.39, 0.29) is 0 Å². The Morgan fingerprint density at radius 2 is 1.86 bits per heavy atom. The predicted molar refractivity (Wildman–Crippen MR) is 91.7 cm³/mol. The number of ketones is 1. The predicted octanol–water partition coefficient (Wildman–Crippen LogP) is 0.231. The van der Waals surface area contributed by atoms with Crippen LogP contribution in [0.15, 0.2) is 24.2 Å². The number of urea groups is 1. The summed E-state index contributed by atoms with van der Waals surface area (Å²) in [5.41, 5.74) is 3.36. The van der Waals surface area contributed by atoms with Crippen LogP contribution >= 0.6 is 0 Å². The van der Waals surface area contributed by atoms with E-state index in [9.17, 15) is 23.6 Å². The van der Waals surface area contributed by atoms with E-state index >= 15 is 0 Å². The molecular weight excluding hydrogens is 377 g/mol. The molecule has 2 heterocycles. The molecule has 2 aliphatic rings. The quantitative estimate of drug-likeness (QED) is 0.495. The number of nitrogens with one attached hydrogen (secondary N) is 1. The summed E-state index contributed by atoms with van der Waals surface area (Å²) in [6.45, 7) is 5.35. The fourth-order valence-electron chi connectivity index (χ4n) is 2.93. The van der Waals surface area contributed by atoms with Crippen molar-refractivity contribution in [3.05, 3.63) is 24.2 Å². The van der Waals surface area contributed by atoms with E-state index in [0.29, 0.717) is 6.20 Å². The van der Waals surface area contributed by atoms with Crippen molar-refractivity contribution in [2.45, 2.75) is 57.9 Å². The fourth-order valence-corrected chi connectivity index (χ4v) is 2.93. The van der Waals surface area contributed by atoms with Crippen LogP contribution in [0.25, 0.3) is 0 Å². The SMILES string of the molecule is C/C=C/C(=O)C1(N)NC(=O)N([C@@H]2O[C@H](C)[C@@H](OC(C)=O)[C@H]2OC(C)=O)C=C1F. The van der Waals surface area contributed by atoms with Gasteiger partial charge in [0.15, 0.2) is 24.3 Å². The van der Waals surface area contributed by atoms with Crippen molar-refractivity contribution in [1.29, 1.82) is 0 Å². The number of allylic oxidation sites excluding steroid dienone is 1. The van der Waals surface area contributed by atoms with Crippen LogP contribution in [-0.4, -0.2) is 58.9 Å². The molecule has 0 aliphatic carbocycles. The molecule has 2 amide bonds. The molecule has 28 heavy (non-hydrogen) atoms. The zero-order chi connectivity index (χ0) is 21.2. The number of amides is 2. The van der Waals surface area contributed by atoms with Gasteiger partial charge < -0.3 is 19.5 Å². The molecule has 3 N–H and O–H groups in total. The van der Waals surface area contributed by atoms with Crippen molar-refractivity contribution in [3.63, 3.8) is 0 Å². The van der Waals surface area contributed by atoms with Crippen molar-refractivity contribution in [2.24, 2.45) is 5.73 Å². The highest BCUT2D eigenvalue weighted by molar-refractivity contribution is 6.02. The molecule has 0 aromatic heterocycles. The Labute approximate surface area is 160 Å². The molecule has 0 spiro atoms. The molecule has 0 aromatic rings. The van der Waals surface area contributed by atoms with E-state index in [4.69, 9.17) is 19.9 Å². The number of carbonyl (C=O) groups excluding carboxylic acids is 4. The lowest BCUT2D eigenvalue weighted by molar-refractivity contribution is -0.165. The number of ether oxygens (including phenoxy) is 3. The van der Waals surface area contributed by atoms with Gasteiger partial charge in [0.1, 0.15) is 0 Å². The number of halogens is 1. The Morgan fingerprint density at radius 1 is 1.29 bits per heavy atom. The van der Waals surface area contributed by atoms with E-state index in [1.165, 1.54) is 19.9 Å². The molecular formula is C17H22FN3O7. The normalized spacial score (nSPS) is 32.7. The van der Waals surface area contributed by atoms with Gasteiger partial charge in [-0.1, -0.05) is 6.08 Å². The fraction of sp³-hybridized carbons (Fsp3) is 0.529. The molecule has 0 radical (unpaired) electrons. The monoisotopic (exact) mass is 399 g/mol. The number of carbonyl (C=O) groups is 4. The smallest absolute Gasteiger partial charge is 0.325 e. The Bertz CT molecular complexity index is 753. The van der Waals surface area contributed by atoms with E-state index in [0.717, 1.165) is 24.8 Å². The number of esters is 2. The zero-order valence-electron chi connectivity index (χ0n) is 15.8. The number of nitrogens with two attached hydrogens (primary N) is 1. The molecule has 2 aliphatic heterocycles. The minimum absolute atomic E-state index is 0.652. The van der Waals surface area contributed by atoms with E-state index < -0.39 is 59.8 Å². The molecule has 10 nitrogen and oxygen atoms in total. The summed E-state index contributed by atoms with van der Waals surface area (Å²) >= 11 is 0. The summed E-state index contributed by atoms with van der Waals surface area (Å²) < 4.78 is 30.5. The van der Waals surface area contributed by atoms with Crippen LogP contribution in [0.1, 0.15) is 27.7 Å². The van der Waals surface area contributed by atoms with Crippen LogP contribution in [0.4, 0.5) is 9.18 Å². The third-order valence-electron chi connectivity index (χ3n) is 4.17. The van der Waals surface area contributed by atoms with Gasteiger partial charge in [0, 0.05) is 20.0 Å². The van der Waals surface area contributed by atoms with Crippen LogP contribution in [0.5, 0.6) is 0 Å². The highest BCUT2D eigenvalue weighted by atomic mass is 19.1. The molecule has 2 rings (SSSR count). The van der Waals surface area contributed by atoms with Crippen LogP contribution < -0.4 is 11.1 Å². The number of nitrogens with zero attached hydrogens (tertiary/aromatic N) is 1. The molecule has 1 saturated heterocycles. The van der Waals surface area contributed by atoms with Gasteiger partial charge in [0.05, 0.1) is 6.10 Å². The summed E-state index contributed by atoms with van der Waals surface area (Å²) in [5.74, 6) is -3.39. The summed E-state index contributed by atoms with van der Waals surface area (Å²) in [6.07, 6.45) is -1.25. The molecule has 5 atom stereocenters. The maximum absolute atomic E-state index is 14.7. The van der Waals surface area contributed by atoms with Crippen LogP contribution in [0.2, 0.25) is 0 Å². The third kappa shape index (κ3) is 4.04. The van der Waals surface area contributed by atoms with Crippen LogP contribution in [0, 0.1) is 0 Å². The minimum atomic E-state index is -2.36. The molecule has 154 valence electrons. The van der Waals surface area contributed by atoms with E-state index in [2.05, 4.69) is 5.32 Å². The summed E-state index contributed by atoms with van der Waals surface area (Å²) in [6, 6.07) is -0.959. The molecule has 11 heteroatoms. The third-order valence-corrected chi connectivity index (χ3v) is 4.17. The van der Waals surface area contributed by atoms with Crippen molar-refractivity contribution >= 4 is 23.8 Å². The first-order valence-electron chi connectivity index (χ1n) is 8.45. The number of hydrogen-bond donors (Lipinski definition) is 2. The van der Waals surface area contributed by atoms with Crippen molar-refractivity contribution in [1.82, 2.24) is 10.2 Å². The zero-order valence-corrected chi connectivity index (χ0v) is 15.8. The van der Waals surface area contributed by atoms with Crippen molar-refractivity contribution in [3.8, 4) is 0 Å². The first-order chi connectivity index (χ1) is 13.0. The number of hydrogen-bond acceptors (Lipinski definition) is 8. The van der Waals surface area contributed by atoms with Gasteiger partial charge in [-0.05, 0) is 19.9 Å². The molecule has 0 aromatic carbocycles. The molecule has 0 saturated carbocycles. The van der Waals surface area contributed by atoms with Gasteiger partial charge in [-0.25, -0.2) is 9.18 Å². The van der Waals surface area contributed by atoms with Crippen LogP contribution in [-0.2, 0) is 28.6 Å². The topological polar surface area (TPSA) is 137 Å². The second-order valence-corrected chi connectivity index (χ2v) is 6.37. The Morgan fingerprint density at radius 3 is 2.39 bits per heavy atom. The highest BCUT2D eigenvalue weighted by Gasteiger charge is 2.53. The average molecular weight is 399 g/mol. The first kappa shape index (κ1) is 21.5. The van der Waals surface area contributed by atoms with Gasteiger partial charge in [-0.2, -0.15) is 0 Å². The van der Waals surface area contributed by atoms with E-state index in [1.54, 1.807) is 0 Å². The van der Waals surface area contributed by atoms with Gasteiger partial charge in [0.2, 0.25) is 11.4 Å². The lowest BCUT2D eigenvalue weighted by atomic mass is 10.0. The van der Waals surface area contributed by atoms with E-state index in [1.807, 2.05) is 0 Å². The van der Waals surface area contributed by atoms with Crippen molar-refractivity contribution in [2.75, 3.05) is 0 Å². The van der Waals surface area contributed by atoms with Gasteiger partial charge in [-0.15, -0.1) is 0 Å². The maximum atomic E-state index is 14.7. The van der Waals surface area contributed by atoms with Gasteiger partial charge in [-0.3, -0.25) is 25.0 Å². The first-order valence-corrected chi connectivity index (χ1v) is 8.45. The average Bonchev–Trinajstić information content (AvgIpc) is 2.86. The Hall–Kier alpha value is -2.79. The number of rotatable bonds is 5. The largest absolute Gasteiger partial charge is 0.456 e. The second-order valence-electron chi connectivity index (χ2n) is 6.37. The second kappa shape index (κ2) is 8.07. The maximum Gasteiger partial charge on any atom is 0.325 e. The van der Waals surface area contributed by atoms with Crippen LogP contribution in [0.3, 0.4) is 0 Å². The Kier molecular flexibility index (Phi) is 6.20.